The number of nitrogens with one attached hydrogen (secondary N) is 1. The molecule has 2 aliphatic heterocycles. The fourth-order valence-corrected chi connectivity index (χ4v) is 7.28. The highest BCUT2D eigenvalue weighted by molar-refractivity contribution is 14.1. The molecule has 1 N–H and O–H groups in total. The van der Waals surface area contributed by atoms with Crippen molar-refractivity contribution in [3.8, 4) is 5.75 Å². The zero-order valence-electron chi connectivity index (χ0n) is 25.3. The molecular weight excluding hydrogens is 653 g/mol. The van der Waals surface area contributed by atoms with Gasteiger partial charge in [0.1, 0.15) is 11.9 Å². The Morgan fingerprint density at radius 2 is 1.58 bits per heavy atom. The lowest BCUT2D eigenvalue weighted by molar-refractivity contribution is -0.131. The summed E-state index contributed by atoms with van der Waals surface area (Å²) in [6.07, 6.45) is 13.3. The number of likely N-dealkylation sites (tertiary alicyclic amines) is 2. The summed E-state index contributed by atoms with van der Waals surface area (Å²) >= 11 is 2.26. The van der Waals surface area contributed by atoms with Crippen molar-refractivity contribution in [1.29, 1.82) is 0 Å². The highest BCUT2D eigenvalue weighted by atomic mass is 127. The molecule has 1 atom stereocenters. The van der Waals surface area contributed by atoms with Gasteiger partial charge in [-0.1, -0.05) is 56.7 Å². The Kier molecular flexibility index (Phi) is 11.8. The van der Waals surface area contributed by atoms with Crippen LogP contribution >= 0.6 is 22.6 Å². The first-order valence-corrected chi connectivity index (χ1v) is 17.4. The molecule has 7 nitrogen and oxygen atoms in total. The molecule has 3 aliphatic rings. The van der Waals surface area contributed by atoms with Crippen LogP contribution in [0.1, 0.15) is 97.8 Å². The van der Waals surface area contributed by atoms with Crippen molar-refractivity contribution in [2.24, 2.45) is 11.8 Å². The van der Waals surface area contributed by atoms with Crippen molar-refractivity contribution in [3.05, 3.63) is 63.2 Å². The van der Waals surface area contributed by atoms with Gasteiger partial charge in [-0.05, 0) is 90.4 Å². The molecule has 0 radical (unpaired) electrons. The van der Waals surface area contributed by atoms with Crippen LogP contribution in [0, 0.1) is 15.4 Å². The van der Waals surface area contributed by atoms with Crippen LogP contribution in [0.3, 0.4) is 0 Å². The van der Waals surface area contributed by atoms with Gasteiger partial charge >= 0.3 is 0 Å². The minimum absolute atomic E-state index is 0.00410. The van der Waals surface area contributed by atoms with Crippen molar-refractivity contribution >= 4 is 40.3 Å². The fraction of sp³-hybridized carbons (Fsp3) is 0.571. The van der Waals surface area contributed by atoms with Crippen LogP contribution in [-0.4, -0.2) is 66.3 Å². The van der Waals surface area contributed by atoms with Gasteiger partial charge in [0, 0.05) is 50.1 Å². The van der Waals surface area contributed by atoms with Crippen LogP contribution in [0.25, 0.3) is 0 Å². The van der Waals surface area contributed by atoms with E-state index >= 15 is 0 Å². The van der Waals surface area contributed by atoms with Gasteiger partial charge < -0.3 is 19.9 Å². The maximum atomic E-state index is 13.1. The zero-order valence-corrected chi connectivity index (χ0v) is 27.4. The summed E-state index contributed by atoms with van der Waals surface area (Å²) in [6.45, 7) is 3.74. The minimum atomic E-state index is -0.0139. The maximum Gasteiger partial charge on any atom is 0.253 e. The van der Waals surface area contributed by atoms with Gasteiger partial charge in [0.05, 0.1) is 10.1 Å². The molecule has 2 saturated heterocycles. The van der Waals surface area contributed by atoms with E-state index < -0.39 is 0 Å². The van der Waals surface area contributed by atoms with E-state index in [0.717, 1.165) is 61.1 Å². The van der Waals surface area contributed by atoms with Gasteiger partial charge in [-0.15, -0.1) is 0 Å². The smallest absolute Gasteiger partial charge is 0.253 e. The second kappa shape index (κ2) is 15.9. The number of rotatable bonds is 12. The van der Waals surface area contributed by atoms with E-state index in [1.54, 1.807) is 0 Å². The van der Waals surface area contributed by atoms with Crippen molar-refractivity contribution in [1.82, 2.24) is 15.1 Å². The minimum Gasteiger partial charge on any atom is -0.487 e. The van der Waals surface area contributed by atoms with E-state index in [0.29, 0.717) is 42.5 Å². The van der Waals surface area contributed by atoms with Crippen LogP contribution in [0.15, 0.2) is 48.5 Å². The molecule has 232 valence electrons. The lowest BCUT2D eigenvalue weighted by Gasteiger charge is -2.39. The summed E-state index contributed by atoms with van der Waals surface area (Å²) < 4.78 is 7.24. The Labute approximate surface area is 270 Å². The predicted octanol–water partition coefficient (Wildman–Crippen LogP) is 6.69. The number of nitrogens with zero attached hydrogens (tertiary/aromatic N) is 2. The third-order valence-corrected chi connectivity index (χ3v) is 10.1. The van der Waals surface area contributed by atoms with Crippen LogP contribution in [0.4, 0.5) is 0 Å². The Hall–Kier alpha value is -2.62. The molecule has 0 aromatic heterocycles. The first kappa shape index (κ1) is 31.8. The van der Waals surface area contributed by atoms with E-state index in [2.05, 4.69) is 27.9 Å². The quantitative estimate of drug-likeness (QED) is 0.152. The number of benzene rings is 2. The molecule has 2 aromatic rings. The first-order valence-electron chi connectivity index (χ1n) is 16.3. The number of hydrogen-bond donors (Lipinski definition) is 1. The highest BCUT2D eigenvalue weighted by Gasteiger charge is 2.32. The average molecular weight is 700 g/mol. The van der Waals surface area contributed by atoms with Crippen LogP contribution in [-0.2, 0) is 4.79 Å². The lowest BCUT2D eigenvalue weighted by Crippen LogP contribution is -2.49. The van der Waals surface area contributed by atoms with Crippen molar-refractivity contribution in [3.63, 3.8) is 0 Å². The summed E-state index contributed by atoms with van der Waals surface area (Å²) in [5.41, 5.74) is 1.41. The van der Waals surface area contributed by atoms with Crippen LogP contribution in [0.2, 0.25) is 0 Å². The van der Waals surface area contributed by atoms with Gasteiger partial charge in [-0.3, -0.25) is 14.4 Å². The molecular formula is C35H46IN3O4. The summed E-state index contributed by atoms with van der Waals surface area (Å²) in [4.78, 5) is 42.0. The number of unbranched alkanes of at least 4 members (excludes halogenated alkanes) is 2. The molecule has 1 saturated carbocycles. The molecule has 8 heteroatoms. The Bertz CT molecular complexity index is 1220. The molecule has 43 heavy (non-hydrogen) atoms. The molecule has 2 aromatic carbocycles. The van der Waals surface area contributed by atoms with E-state index in [-0.39, 0.29) is 23.8 Å². The zero-order chi connectivity index (χ0) is 30.0. The number of carbonyl (C=O) groups is 3. The Morgan fingerprint density at radius 1 is 0.814 bits per heavy atom. The predicted molar refractivity (Wildman–Crippen MR) is 177 cm³/mol. The molecule has 0 spiro atoms. The van der Waals surface area contributed by atoms with Gasteiger partial charge in [-0.25, -0.2) is 0 Å². The largest absolute Gasteiger partial charge is 0.487 e. The molecule has 0 unspecified atom stereocenters. The summed E-state index contributed by atoms with van der Waals surface area (Å²) in [5.74, 6) is 2.25. The normalized spacial score (nSPS) is 19.5. The van der Waals surface area contributed by atoms with Gasteiger partial charge in [-0.2, -0.15) is 0 Å². The van der Waals surface area contributed by atoms with E-state index in [9.17, 15) is 14.4 Å². The maximum absolute atomic E-state index is 13.1. The van der Waals surface area contributed by atoms with E-state index in [4.69, 9.17) is 4.74 Å². The third kappa shape index (κ3) is 9.19. The molecule has 5 rings (SSSR count). The molecule has 2 heterocycles. The van der Waals surface area contributed by atoms with Gasteiger partial charge in [0.2, 0.25) is 5.91 Å². The second-order valence-electron chi connectivity index (χ2n) is 12.6. The van der Waals surface area contributed by atoms with Crippen LogP contribution in [0.5, 0.6) is 5.75 Å². The number of carbonyl (C=O) groups excluding carboxylic acids is 3. The number of amides is 3. The molecule has 3 amide bonds. The van der Waals surface area contributed by atoms with E-state index in [1.165, 1.54) is 38.5 Å². The average Bonchev–Trinajstić information content (AvgIpc) is 3.32. The molecule has 1 aliphatic carbocycles. The SMILES string of the molecule is O=C(NCCCCCC1CN(C(=O)c2ccc(O[C@H]3CCN(C(=O)CC4CCCCCC4)C3)c(I)c2)C1)c1ccccc1. The molecule has 0 bridgehead atoms. The standard InChI is InChI=1S/C35H46IN3O4/c36-31-22-29(16-17-32(31)43-30-18-20-38(25-30)33(40)21-26-11-5-1-2-6-12-26)35(42)39-23-27(24-39)13-7-4-10-19-37-34(41)28-14-8-3-9-15-28/h3,8-9,14-17,22,26-27,30H,1-2,4-7,10-13,18-21,23-25H2,(H,37,41)/t30-/m0/s1. The lowest BCUT2D eigenvalue weighted by atomic mass is 9.92. The van der Waals surface area contributed by atoms with Crippen molar-refractivity contribution < 1.29 is 19.1 Å². The second-order valence-corrected chi connectivity index (χ2v) is 13.8. The summed E-state index contributed by atoms with van der Waals surface area (Å²) in [6, 6.07) is 15.0. The Morgan fingerprint density at radius 3 is 2.33 bits per heavy atom. The third-order valence-electron chi connectivity index (χ3n) is 9.26. The van der Waals surface area contributed by atoms with Gasteiger partial charge in [0.25, 0.3) is 11.8 Å². The Balaban J connectivity index is 0.970. The number of ether oxygens (including phenoxy) is 1. The van der Waals surface area contributed by atoms with Crippen LogP contribution < -0.4 is 10.1 Å². The number of halogens is 1. The number of hydrogen-bond acceptors (Lipinski definition) is 4. The summed E-state index contributed by atoms with van der Waals surface area (Å²) in [7, 11) is 0. The van der Waals surface area contributed by atoms with Crippen molar-refractivity contribution in [2.75, 3.05) is 32.7 Å². The van der Waals surface area contributed by atoms with E-state index in [1.807, 2.05) is 58.3 Å². The monoisotopic (exact) mass is 699 g/mol. The van der Waals surface area contributed by atoms with Crippen molar-refractivity contribution in [2.45, 2.75) is 83.2 Å². The van der Waals surface area contributed by atoms with Gasteiger partial charge in [0.15, 0.2) is 0 Å². The first-order chi connectivity index (χ1) is 21.0. The molecule has 3 fully saturated rings. The highest BCUT2D eigenvalue weighted by Crippen LogP contribution is 2.30. The summed E-state index contributed by atoms with van der Waals surface area (Å²) in [5, 5.41) is 2.99. The fourth-order valence-electron chi connectivity index (χ4n) is 6.63. The topological polar surface area (TPSA) is 79.0 Å².